The smallest absolute Gasteiger partial charge is 0.278 e. The number of nitrogen functional groups attached to an aromatic ring is 1. The minimum atomic E-state index is -1.96. The van der Waals surface area contributed by atoms with Crippen molar-refractivity contribution in [2.24, 2.45) is 0 Å². The normalized spacial score (nSPS) is 12.5. The SMILES string of the molecule is C[C@H](Nc1ncc2cc(-c3ccccc3Cl)c(=O)n(N)c2n1)C(C)(O)O.Cl. The summed E-state index contributed by atoms with van der Waals surface area (Å²) in [5.41, 5.74) is 0.638. The van der Waals surface area contributed by atoms with Crippen molar-refractivity contribution < 1.29 is 10.2 Å². The third-order valence-electron chi connectivity index (χ3n) is 4.10. The zero-order valence-corrected chi connectivity index (χ0v) is 16.1. The predicted molar refractivity (Wildman–Crippen MR) is 108 cm³/mol. The Morgan fingerprint density at radius 3 is 2.59 bits per heavy atom. The van der Waals surface area contributed by atoms with Crippen LogP contribution in [0.3, 0.4) is 0 Å². The lowest BCUT2D eigenvalue weighted by molar-refractivity contribution is -0.152. The van der Waals surface area contributed by atoms with Crippen molar-refractivity contribution >= 4 is 41.0 Å². The first-order chi connectivity index (χ1) is 12.2. The molecule has 2 aromatic heterocycles. The van der Waals surface area contributed by atoms with Crippen molar-refractivity contribution in [1.82, 2.24) is 14.6 Å². The van der Waals surface area contributed by atoms with Gasteiger partial charge < -0.3 is 21.4 Å². The van der Waals surface area contributed by atoms with Gasteiger partial charge in [-0.15, -0.1) is 12.4 Å². The van der Waals surface area contributed by atoms with E-state index < -0.39 is 17.4 Å². The number of fused-ring (bicyclic) bond motifs is 1. The van der Waals surface area contributed by atoms with Crippen molar-refractivity contribution in [2.75, 3.05) is 11.2 Å². The van der Waals surface area contributed by atoms with Gasteiger partial charge in [0.2, 0.25) is 5.95 Å². The lowest BCUT2D eigenvalue weighted by atomic mass is 10.1. The Hall–Kier alpha value is -2.39. The van der Waals surface area contributed by atoms with E-state index >= 15 is 0 Å². The van der Waals surface area contributed by atoms with E-state index in [1.807, 2.05) is 0 Å². The molecule has 2 heterocycles. The number of pyridine rings is 1. The average molecular weight is 412 g/mol. The highest BCUT2D eigenvalue weighted by Crippen LogP contribution is 2.26. The molecule has 1 aromatic carbocycles. The molecule has 3 aromatic rings. The first-order valence-corrected chi connectivity index (χ1v) is 8.20. The summed E-state index contributed by atoms with van der Waals surface area (Å²) in [6, 6.07) is 7.83. The fourth-order valence-corrected chi connectivity index (χ4v) is 2.63. The predicted octanol–water partition coefficient (Wildman–Crippen LogP) is 1.75. The summed E-state index contributed by atoms with van der Waals surface area (Å²) < 4.78 is 0.919. The molecule has 0 aliphatic rings. The van der Waals surface area contributed by atoms with Gasteiger partial charge in [0, 0.05) is 22.2 Å². The van der Waals surface area contributed by atoms with E-state index in [1.165, 1.54) is 13.1 Å². The molecular weight excluding hydrogens is 393 g/mol. The van der Waals surface area contributed by atoms with Crippen molar-refractivity contribution in [3.8, 4) is 11.1 Å². The number of rotatable bonds is 4. The maximum absolute atomic E-state index is 12.6. The number of hydrogen-bond acceptors (Lipinski definition) is 7. The van der Waals surface area contributed by atoms with Crippen LogP contribution in [0.4, 0.5) is 5.95 Å². The summed E-state index contributed by atoms with van der Waals surface area (Å²) in [6.07, 6.45) is 1.49. The first kappa shape index (κ1) is 20.9. The third-order valence-corrected chi connectivity index (χ3v) is 4.43. The molecule has 0 saturated heterocycles. The Balaban J connectivity index is 0.00000261. The molecule has 0 bridgehead atoms. The molecule has 0 unspecified atom stereocenters. The van der Waals surface area contributed by atoms with Gasteiger partial charge in [-0.05, 0) is 26.0 Å². The van der Waals surface area contributed by atoms with Crippen LogP contribution in [0.2, 0.25) is 5.02 Å². The zero-order valence-electron chi connectivity index (χ0n) is 14.5. The molecule has 0 radical (unpaired) electrons. The largest absolute Gasteiger partial charge is 0.364 e. The Bertz CT molecular complexity index is 1030. The van der Waals surface area contributed by atoms with Crippen molar-refractivity contribution in [3.05, 3.63) is 51.9 Å². The Kier molecular flexibility index (Phi) is 5.96. The highest BCUT2D eigenvalue weighted by atomic mass is 35.5. The number of nitrogens with zero attached hydrogens (tertiary/aromatic N) is 3. The monoisotopic (exact) mass is 411 g/mol. The topological polar surface area (TPSA) is 126 Å². The second-order valence-corrected chi connectivity index (χ2v) is 6.55. The molecule has 0 aliphatic carbocycles. The number of anilines is 1. The number of nitrogens with one attached hydrogen (secondary N) is 1. The number of halogens is 2. The molecule has 144 valence electrons. The summed E-state index contributed by atoms with van der Waals surface area (Å²) in [7, 11) is 0. The average Bonchev–Trinajstić information content (AvgIpc) is 2.58. The minimum Gasteiger partial charge on any atom is -0.364 e. The van der Waals surface area contributed by atoms with E-state index in [2.05, 4.69) is 15.3 Å². The van der Waals surface area contributed by atoms with Crippen LogP contribution in [0.15, 0.2) is 41.3 Å². The molecule has 5 N–H and O–H groups in total. The second-order valence-electron chi connectivity index (χ2n) is 6.15. The van der Waals surface area contributed by atoms with Crippen LogP contribution >= 0.6 is 24.0 Å². The van der Waals surface area contributed by atoms with Crippen LogP contribution in [-0.4, -0.2) is 36.7 Å². The molecule has 10 heteroatoms. The highest BCUT2D eigenvalue weighted by molar-refractivity contribution is 6.33. The van der Waals surface area contributed by atoms with E-state index in [0.29, 0.717) is 21.5 Å². The molecule has 0 fully saturated rings. The fourth-order valence-electron chi connectivity index (χ4n) is 2.39. The zero-order chi connectivity index (χ0) is 19.1. The van der Waals surface area contributed by atoms with Gasteiger partial charge in [0.1, 0.15) is 0 Å². The van der Waals surface area contributed by atoms with E-state index in [4.69, 9.17) is 17.4 Å². The quantitative estimate of drug-likeness (QED) is 0.380. The van der Waals surface area contributed by atoms with Gasteiger partial charge in [0.25, 0.3) is 5.56 Å². The minimum absolute atomic E-state index is 0. The molecule has 0 saturated carbocycles. The molecule has 3 rings (SSSR count). The number of hydrogen-bond donors (Lipinski definition) is 4. The fraction of sp³-hybridized carbons (Fsp3) is 0.235. The van der Waals surface area contributed by atoms with E-state index in [0.717, 1.165) is 4.68 Å². The first-order valence-electron chi connectivity index (χ1n) is 7.82. The second kappa shape index (κ2) is 7.69. The maximum Gasteiger partial charge on any atom is 0.278 e. The van der Waals surface area contributed by atoms with Gasteiger partial charge >= 0.3 is 0 Å². The Morgan fingerprint density at radius 1 is 1.30 bits per heavy atom. The molecule has 0 aliphatic heterocycles. The molecule has 1 atom stereocenters. The molecular formula is C17H19Cl2N5O3. The number of benzene rings is 1. The Morgan fingerprint density at radius 2 is 1.96 bits per heavy atom. The van der Waals surface area contributed by atoms with Crippen molar-refractivity contribution in [1.29, 1.82) is 0 Å². The number of aliphatic hydroxyl groups is 2. The summed E-state index contributed by atoms with van der Waals surface area (Å²) in [6.45, 7) is 2.80. The van der Waals surface area contributed by atoms with Gasteiger partial charge in [0.05, 0.1) is 11.6 Å². The van der Waals surface area contributed by atoms with E-state index in [9.17, 15) is 15.0 Å². The van der Waals surface area contributed by atoms with Crippen LogP contribution in [-0.2, 0) is 0 Å². The number of aromatic nitrogens is 3. The van der Waals surface area contributed by atoms with E-state index in [1.54, 1.807) is 37.3 Å². The van der Waals surface area contributed by atoms with Crippen molar-refractivity contribution in [3.63, 3.8) is 0 Å². The van der Waals surface area contributed by atoms with Crippen LogP contribution in [0.25, 0.3) is 22.2 Å². The molecule has 27 heavy (non-hydrogen) atoms. The summed E-state index contributed by atoms with van der Waals surface area (Å²) >= 11 is 6.18. The van der Waals surface area contributed by atoms with Gasteiger partial charge in [-0.1, -0.05) is 29.8 Å². The summed E-state index contributed by atoms with van der Waals surface area (Å²) in [5.74, 6) is 4.09. The standard InChI is InChI=1S/C17H18ClN5O3.ClH/c1-9(17(2,25)26)21-16-20-8-10-7-12(11-5-3-4-6-13(11)18)15(24)23(19)14(10)22-16;/h3-9,25-26H,19H2,1-2H3,(H,20,21,22);1H/t9-;/m0./s1. The van der Waals surface area contributed by atoms with Gasteiger partial charge in [0.15, 0.2) is 11.4 Å². The van der Waals surface area contributed by atoms with Crippen LogP contribution < -0.4 is 16.7 Å². The molecule has 8 nitrogen and oxygen atoms in total. The summed E-state index contributed by atoms with van der Waals surface area (Å²) in [5, 5.41) is 22.9. The molecule has 0 amide bonds. The van der Waals surface area contributed by atoms with E-state index in [-0.39, 0.29) is 24.0 Å². The lowest BCUT2D eigenvalue weighted by Gasteiger charge is -2.25. The lowest BCUT2D eigenvalue weighted by Crippen LogP contribution is -2.42. The Labute approximate surface area is 166 Å². The van der Waals surface area contributed by atoms with Crippen LogP contribution in [0, 0.1) is 0 Å². The van der Waals surface area contributed by atoms with Crippen LogP contribution in [0.1, 0.15) is 13.8 Å². The van der Waals surface area contributed by atoms with Gasteiger partial charge in [-0.25, -0.2) is 9.66 Å². The summed E-state index contributed by atoms with van der Waals surface area (Å²) in [4.78, 5) is 21.0. The van der Waals surface area contributed by atoms with Gasteiger partial charge in [-0.2, -0.15) is 4.98 Å². The highest BCUT2D eigenvalue weighted by Gasteiger charge is 2.25. The number of nitrogens with two attached hydrogens (primary N) is 1. The van der Waals surface area contributed by atoms with Gasteiger partial charge in [-0.3, -0.25) is 4.79 Å². The van der Waals surface area contributed by atoms with Crippen molar-refractivity contribution in [2.45, 2.75) is 25.7 Å². The third kappa shape index (κ3) is 4.14. The van der Waals surface area contributed by atoms with Crippen LogP contribution in [0.5, 0.6) is 0 Å². The maximum atomic E-state index is 12.6. The molecule has 0 spiro atoms.